The lowest BCUT2D eigenvalue weighted by atomic mass is 10.1. The molecule has 0 saturated heterocycles. The highest BCUT2D eigenvalue weighted by molar-refractivity contribution is 7.98. The second-order valence-electron chi connectivity index (χ2n) is 5.01. The lowest BCUT2D eigenvalue weighted by molar-refractivity contribution is 0.0827. The van der Waals surface area contributed by atoms with Gasteiger partial charge in [0.1, 0.15) is 16.2 Å². The Morgan fingerprint density at radius 2 is 2.14 bits per heavy atom. The third-order valence-corrected chi connectivity index (χ3v) is 5.08. The first kappa shape index (κ1) is 15.0. The van der Waals surface area contributed by atoms with Crippen LogP contribution in [0, 0.1) is 0 Å². The number of fused-ring (bicyclic) bond motifs is 1. The van der Waals surface area contributed by atoms with Crippen LogP contribution in [0.3, 0.4) is 0 Å². The first-order valence-corrected chi connectivity index (χ1v) is 8.63. The summed E-state index contributed by atoms with van der Waals surface area (Å²) in [5.41, 5.74) is 1.83. The van der Waals surface area contributed by atoms with Crippen LogP contribution in [0.1, 0.15) is 15.9 Å². The largest absolute Gasteiger partial charge is 0.345 e. The summed E-state index contributed by atoms with van der Waals surface area (Å²) in [5, 5.41) is 4.10. The molecular formula is C16H15N3OS2. The normalized spacial score (nSPS) is 10.8. The van der Waals surface area contributed by atoms with Crippen molar-refractivity contribution in [1.29, 1.82) is 0 Å². The number of thioether (sulfide) groups is 1. The molecular weight excluding hydrogens is 314 g/mol. The average Bonchev–Trinajstić information content (AvgIpc) is 3.01. The number of carbonyl (C=O) groups is 1. The Morgan fingerprint density at radius 1 is 1.27 bits per heavy atom. The van der Waals surface area contributed by atoms with E-state index in [2.05, 4.69) is 9.97 Å². The minimum Gasteiger partial charge on any atom is -0.345 e. The number of rotatable bonds is 4. The molecule has 0 atom stereocenters. The van der Waals surface area contributed by atoms with E-state index < -0.39 is 0 Å². The second-order valence-corrected chi connectivity index (χ2v) is 6.87. The molecule has 0 spiro atoms. The number of thiophene rings is 1. The molecule has 1 aromatic carbocycles. The third-order valence-electron chi connectivity index (χ3n) is 3.18. The Morgan fingerprint density at radius 3 is 2.95 bits per heavy atom. The van der Waals surface area contributed by atoms with Gasteiger partial charge in [0, 0.05) is 30.8 Å². The number of hydrogen-bond donors (Lipinski definition) is 0. The number of nitrogens with zero attached hydrogens (tertiary/aromatic N) is 3. The van der Waals surface area contributed by atoms with Gasteiger partial charge in [0.15, 0.2) is 0 Å². The zero-order valence-corrected chi connectivity index (χ0v) is 13.9. The zero-order valence-electron chi connectivity index (χ0n) is 12.3. The topological polar surface area (TPSA) is 46.1 Å². The Balaban J connectivity index is 1.78. The van der Waals surface area contributed by atoms with Gasteiger partial charge in [-0.1, -0.05) is 12.1 Å². The Bertz CT molecular complexity index is 814. The van der Waals surface area contributed by atoms with E-state index in [0.717, 1.165) is 26.6 Å². The van der Waals surface area contributed by atoms with Gasteiger partial charge in [0.2, 0.25) is 0 Å². The SMILES string of the molecule is CN(C)C(=O)c1cccc(CSc2ncnc3sccc23)c1. The molecule has 6 heteroatoms. The summed E-state index contributed by atoms with van der Waals surface area (Å²) in [4.78, 5) is 23.2. The quantitative estimate of drug-likeness (QED) is 0.541. The Labute approximate surface area is 137 Å². The van der Waals surface area contributed by atoms with Gasteiger partial charge < -0.3 is 4.90 Å². The minimum atomic E-state index is 0.0223. The highest BCUT2D eigenvalue weighted by Gasteiger charge is 2.09. The minimum absolute atomic E-state index is 0.0223. The molecule has 0 aliphatic heterocycles. The van der Waals surface area contributed by atoms with Crippen molar-refractivity contribution >= 4 is 39.2 Å². The fourth-order valence-corrected chi connectivity index (χ4v) is 3.81. The molecule has 0 saturated carbocycles. The van der Waals surface area contributed by atoms with Crippen molar-refractivity contribution in [3.63, 3.8) is 0 Å². The van der Waals surface area contributed by atoms with Crippen LogP contribution in [0.2, 0.25) is 0 Å². The van der Waals surface area contributed by atoms with Crippen molar-refractivity contribution in [2.45, 2.75) is 10.8 Å². The molecule has 1 amide bonds. The highest BCUT2D eigenvalue weighted by Crippen LogP contribution is 2.29. The lowest BCUT2D eigenvalue weighted by Crippen LogP contribution is -2.21. The van der Waals surface area contributed by atoms with Crippen molar-refractivity contribution in [2.24, 2.45) is 0 Å². The molecule has 0 aliphatic carbocycles. The summed E-state index contributed by atoms with van der Waals surface area (Å²) in [5.74, 6) is 0.797. The number of benzene rings is 1. The van der Waals surface area contributed by atoms with Gasteiger partial charge >= 0.3 is 0 Å². The van der Waals surface area contributed by atoms with E-state index in [1.807, 2.05) is 35.7 Å². The van der Waals surface area contributed by atoms with Crippen molar-refractivity contribution in [2.75, 3.05) is 14.1 Å². The van der Waals surface area contributed by atoms with Crippen LogP contribution in [-0.4, -0.2) is 34.9 Å². The zero-order chi connectivity index (χ0) is 15.5. The number of carbonyl (C=O) groups excluding carboxylic acids is 1. The maximum Gasteiger partial charge on any atom is 0.253 e. The summed E-state index contributed by atoms with van der Waals surface area (Å²) in [6.45, 7) is 0. The van der Waals surface area contributed by atoms with Crippen LogP contribution >= 0.6 is 23.1 Å². The van der Waals surface area contributed by atoms with Crippen LogP contribution in [0.15, 0.2) is 47.1 Å². The molecule has 0 radical (unpaired) electrons. The first-order valence-electron chi connectivity index (χ1n) is 6.77. The summed E-state index contributed by atoms with van der Waals surface area (Å²) in [6.07, 6.45) is 1.60. The fourth-order valence-electron chi connectivity index (χ4n) is 2.09. The van der Waals surface area contributed by atoms with Crippen LogP contribution in [0.4, 0.5) is 0 Å². The number of amides is 1. The van der Waals surface area contributed by atoms with E-state index in [1.54, 1.807) is 48.4 Å². The summed E-state index contributed by atoms with van der Waals surface area (Å²) >= 11 is 3.29. The molecule has 0 bridgehead atoms. The molecule has 3 aromatic rings. The molecule has 0 fully saturated rings. The van der Waals surface area contributed by atoms with Gasteiger partial charge in [-0.2, -0.15) is 0 Å². The van der Waals surface area contributed by atoms with Crippen LogP contribution in [-0.2, 0) is 5.75 Å². The van der Waals surface area contributed by atoms with E-state index >= 15 is 0 Å². The molecule has 0 N–H and O–H groups in total. The van der Waals surface area contributed by atoms with Crippen LogP contribution in [0.25, 0.3) is 10.2 Å². The van der Waals surface area contributed by atoms with Crippen molar-refractivity contribution in [3.05, 3.63) is 53.2 Å². The summed E-state index contributed by atoms with van der Waals surface area (Å²) in [7, 11) is 3.52. The van der Waals surface area contributed by atoms with Crippen molar-refractivity contribution in [3.8, 4) is 0 Å². The van der Waals surface area contributed by atoms with E-state index in [-0.39, 0.29) is 5.91 Å². The van der Waals surface area contributed by atoms with Crippen LogP contribution in [0.5, 0.6) is 0 Å². The maximum absolute atomic E-state index is 12.0. The van der Waals surface area contributed by atoms with Crippen LogP contribution < -0.4 is 0 Å². The predicted octanol–water partition coefficient (Wildman–Crippen LogP) is 3.69. The third kappa shape index (κ3) is 3.13. The molecule has 2 aromatic heterocycles. The van der Waals surface area contributed by atoms with Crippen molar-refractivity contribution in [1.82, 2.24) is 14.9 Å². The summed E-state index contributed by atoms with van der Waals surface area (Å²) < 4.78 is 0. The fraction of sp³-hybridized carbons (Fsp3) is 0.188. The van der Waals surface area contributed by atoms with Gasteiger partial charge in [-0.05, 0) is 29.1 Å². The standard InChI is InChI=1S/C16H15N3OS2/c1-19(2)16(20)12-5-3-4-11(8-12)9-22-15-13-6-7-21-14(13)17-10-18-15/h3-8,10H,9H2,1-2H3. The predicted molar refractivity (Wildman–Crippen MR) is 91.4 cm³/mol. The number of hydrogen-bond acceptors (Lipinski definition) is 5. The molecule has 112 valence electrons. The van der Waals surface area contributed by atoms with Gasteiger partial charge in [0.25, 0.3) is 5.91 Å². The first-order chi connectivity index (χ1) is 10.6. The maximum atomic E-state index is 12.0. The monoisotopic (exact) mass is 329 g/mol. The summed E-state index contributed by atoms with van der Waals surface area (Å²) in [6, 6.07) is 9.80. The van der Waals surface area contributed by atoms with Gasteiger partial charge in [-0.3, -0.25) is 4.79 Å². The lowest BCUT2D eigenvalue weighted by Gasteiger charge is -2.11. The average molecular weight is 329 g/mol. The van der Waals surface area contributed by atoms with Gasteiger partial charge in [-0.25, -0.2) is 9.97 Å². The molecule has 2 heterocycles. The molecule has 4 nitrogen and oxygen atoms in total. The van der Waals surface area contributed by atoms with E-state index in [9.17, 15) is 4.79 Å². The molecule has 0 unspecified atom stereocenters. The Hall–Kier alpha value is -1.92. The number of aromatic nitrogens is 2. The highest BCUT2D eigenvalue weighted by atomic mass is 32.2. The molecule has 0 aliphatic rings. The van der Waals surface area contributed by atoms with E-state index in [0.29, 0.717) is 5.56 Å². The second kappa shape index (κ2) is 6.46. The van der Waals surface area contributed by atoms with Crippen molar-refractivity contribution < 1.29 is 4.79 Å². The molecule has 3 rings (SSSR count). The van der Waals surface area contributed by atoms with E-state index in [1.165, 1.54) is 0 Å². The Kier molecular flexibility index (Phi) is 4.40. The smallest absolute Gasteiger partial charge is 0.253 e. The van der Waals surface area contributed by atoms with Gasteiger partial charge in [-0.15, -0.1) is 23.1 Å². The molecule has 22 heavy (non-hydrogen) atoms. The van der Waals surface area contributed by atoms with Gasteiger partial charge in [0.05, 0.1) is 0 Å². The van der Waals surface area contributed by atoms with E-state index in [4.69, 9.17) is 0 Å².